The topological polar surface area (TPSA) is 48.1 Å². The van der Waals surface area contributed by atoms with Crippen LogP contribution in [0, 0.1) is 6.92 Å². The van der Waals surface area contributed by atoms with Gasteiger partial charge in [-0.1, -0.05) is 0 Å². The molecule has 2 N–H and O–H groups in total. The summed E-state index contributed by atoms with van der Waals surface area (Å²) >= 11 is 0. The molecule has 0 aliphatic heterocycles. The molecular weight excluding hydrogens is 245 g/mol. The molecule has 0 radical (unpaired) electrons. The zero-order valence-corrected chi connectivity index (χ0v) is 9.36. The lowest BCUT2D eigenvalue weighted by molar-refractivity contribution is -0.154. The Morgan fingerprint density at radius 2 is 2.06 bits per heavy atom. The third kappa shape index (κ3) is 4.67. The number of hydrogen-bond donors (Lipinski definition) is 1. The van der Waals surface area contributed by atoms with E-state index in [2.05, 4.69) is 9.72 Å². The highest BCUT2D eigenvalue weighted by atomic mass is 35.5. The Kier molecular flexibility index (Phi) is 5.53. The number of alkyl halides is 3. The first-order chi connectivity index (χ1) is 6.92. The van der Waals surface area contributed by atoms with Crippen molar-refractivity contribution in [2.24, 2.45) is 5.73 Å². The smallest absolute Gasteiger partial charge is 0.422 e. The van der Waals surface area contributed by atoms with Gasteiger partial charge in [0, 0.05) is 18.3 Å². The molecule has 0 fully saturated rings. The molecule has 16 heavy (non-hydrogen) atoms. The van der Waals surface area contributed by atoms with Crippen LogP contribution in [0.2, 0.25) is 0 Å². The minimum atomic E-state index is -4.35. The van der Waals surface area contributed by atoms with Gasteiger partial charge in [-0.15, -0.1) is 12.4 Å². The molecule has 0 amide bonds. The van der Waals surface area contributed by atoms with Crippen LogP contribution in [-0.2, 0) is 6.54 Å². The Hall–Kier alpha value is -1.01. The lowest BCUT2D eigenvalue weighted by atomic mass is 10.2. The van der Waals surface area contributed by atoms with Crippen molar-refractivity contribution < 1.29 is 17.9 Å². The molecule has 0 spiro atoms. The molecule has 0 saturated heterocycles. The predicted molar refractivity (Wildman–Crippen MR) is 55.7 cm³/mol. The summed E-state index contributed by atoms with van der Waals surface area (Å²) in [4.78, 5) is 3.75. The minimum Gasteiger partial charge on any atom is -0.468 e. The van der Waals surface area contributed by atoms with Crippen LogP contribution < -0.4 is 10.5 Å². The second-order valence-corrected chi connectivity index (χ2v) is 3.07. The van der Waals surface area contributed by atoms with Gasteiger partial charge < -0.3 is 10.5 Å². The normalized spacial score (nSPS) is 10.8. The summed E-state index contributed by atoms with van der Waals surface area (Å²) < 4.78 is 40.1. The Morgan fingerprint density at radius 3 is 2.50 bits per heavy atom. The van der Waals surface area contributed by atoms with Gasteiger partial charge in [0.15, 0.2) is 6.61 Å². The molecule has 0 bridgehead atoms. The first-order valence-electron chi connectivity index (χ1n) is 4.27. The fraction of sp³-hybridized carbons (Fsp3) is 0.444. The quantitative estimate of drug-likeness (QED) is 0.902. The lowest BCUT2D eigenvalue weighted by Gasteiger charge is -2.10. The van der Waals surface area contributed by atoms with Crippen LogP contribution in [0.15, 0.2) is 12.3 Å². The van der Waals surface area contributed by atoms with E-state index in [9.17, 15) is 13.2 Å². The maximum atomic E-state index is 11.8. The average Bonchev–Trinajstić information content (AvgIpc) is 2.14. The van der Waals surface area contributed by atoms with Crippen molar-refractivity contribution >= 4 is 12.4 Å². The van der Waals surface area contributed by atoms with E-state index >= 15 is 0 Å². The number of hydrogen-bond acceptors (Lipinski definition) is 3. The van der Waals surface area contributed by atoms with E-state index in [0.717, 1.165) is 5.56 Å². The van der Waals surface area contributed by atoms with Crippen molar-refractivity contribution in [1.29, 1.82) is 0 Å². The molecule has 92 valence electrons. The van der Waals surface area contributed by atoms with E-state index < -0.39 is 12.8 Å². The fourth-order valence-electron chi connectivity index (χ4n) is 1.03. The number of aryl methyl sites for hydroxylation is 1. The first kappa shape index (κ1) is 15.0. The van der Waals surface area contributed by atoms with Gasteiger partial charge in [-0.05, 0) is 18.6 Å². The first-order valence-corrected chi connectivity index (χ1v) is 4.27. The maximum absolute atomic E-state index is 11.8. The van der Waals surface area contributed by atoms with Gasteiger partial charge in [-0.2, -0.15) is 13.2 Å². The maximum Gasteiger partial charge on any atom is 0.422 e. The van der Waals surface area contributed by atoms with Crippen molar-refractivity contribution in [1.82, 2.24) is 4.98 Å². The van der Waals surface area contributed by atoms with Crippen LogP contribution in [0.4, 0.5) is 13.2 Å². The zero-order valence-electron chi connectivity index (χ0n) is 8.54. The van der Waals surface area contributed by atoms with E-state index in [1.807, 2.05) is 0 Å². The molecule has 7 heteroatoms. The molecule has 0 aromatic carbocycles. The van der Waals surface area contributed by atoms with Gasteiger partial charge >= 0.3 is 6.18 Å². The van der Waals surface area contributed by atoms with Crippen LogP contribution >= 0.6 is 12.4 Å². The SMILES string of the molecule is Cc1cc(CN)cnc1OCC(F)(F)F.Cl. The summed E-state index contributed by atoms with van der Waals surface area (Å²) in [6, 6.07) is 1.65. The van der Waals surface area contributed by atoms with E-state index in [4.69, 9.17) is 5.73 Å². The predicted octanol–water partition coefficient (Wildman–Crippen LogP) is 2.21. The molecule has 0 atom stereocenters. The summed E-state index contributed by atoms with van der Waals surface area (Å²) in [5.74, 6) is -0.00970. The highest BCUT2D eigenvalue weighted by Gasteiger charge is 2.28. The molecule has 3 nitrogen and oxygen atoms in total. The van der Waals surface area contributed by atoms with Gasteiger partial charge in [0.25, 0.3) is 0 Å². The van der Waals surface area contributed by atoms with Gasteiger partial charge in [0.2, 0.25) is 5.88 Å². The number of rotatable bonds is 3. The summed E-state index contributed by atoms with van der Waals surface area (Å²) in [7, 11) is 0. The van der Waals surface area contributed by atoms with Gasteiger partial charge in [0.05, 0.1) is 0 Å². The standard InChI is InChI=1S/C9H11F3N2O.ClH/c1-6-2-7(3-13)4-14-8(6)15-5-9(10,11)12;/h2,4H,3,5,13H2,1H3;1H. The molecule has 0 aliphatic rings. The van der Waals surface area contributed by atoms with Crippen molar-refractivity contribution in [3.05, 3.63) is 23.4 Å². The monoisotopic (exact) mass is 256 g/mol. The van der Waals surface area contributed by atoms with Crippen molar-refractivity contribution in [3.63, 3.8) is 0 Å². The average molecular weight is 257 g/mol. The number of ether oxygens (including phenoxy) is 1. The fourth-order valence-corrected chi connectivity index (χ4v) is 1.03. The van der Waals surface area contributed by atoms with Crippen LogP contribution in [0.1, 0.15) is 11.1 Å². The van der Waals surface area contributed by atoms with Crippen LogP contribution in [-0.4, -0.2) is 17.8 Å². The lowest BCUT2D eigenvalue weighted by Crippen LogP contribution is -2.20. The molecule has 1 aromatic heterocycles. The van der Waals surface area contributed by atoms with Crippen LogP contribution in [0.5, 0.6) is 5.88 Å². The molecule has 0 aliphatic carbocycles. The number of aromatic nitrogens is 1. The molecule has 0 unspecified atom stereocenters. The number of nitrogens with two attached hydrogens (primary N) is 1. The molecule has 1 heterocycles. The minimum absolute atomic E-state index is 0. The summed E-state index contributed by atoms with van der Waals surface area (Å²) in [6.07, 6.45) is -2.95. The van der Waals surface area contributed by atoms with E-state index in [1.54, 1.807) is 13.0 Å². The zero-order chi connectivity index (χ0) is 11.5. The van der Waals surface area contributed by atoms with Gasteiger partial charge in [-0.3, -0.25) is 0 Å². The highest BCUT2D eigenvalue weighted by Crippen LogP contribution is 2.20. The summed E-state index contributed by atoms with van der Waals surface area (Å²) in [5.41, 5.74) is 6.65. The number of halogens is 4. The summed E-state index contributed by atoms with van der Waals surface area (Å²) in [5, 5.41) is 0. The largest absolute Gasteiger partial charge is 0.468 e. The molecular formula is C9H12ClF3N2O. The number of nitrogens with zero attached hydrogens (tertiary/aromatic N) is 1. The highest BCUT2D eigenvalue weighted by molar-refractivity contribution is 5.85. The third-order valence-electron chi connectivity index (χ3n) is 1.70. The van der Waals surface area contributed by atoms with Crippen LogP contribution in [0.3, 0.4) is 0 Å². The second kappa shape index (κ2) is 5.91. The Labute approximate surface area is 97.2 Å². The van der Waals surface area contributed by atoms with E-state index in [-0.39, 0.29) is 18.3 Å². The second-order valence-electron chi connectivity index (χ2n) is 3.07. The number of pyridine rings is 1. The van der Waals surface area contributed by atoms with E-state index in [1.165, 1.54) is 6.20 Å². The Balaban J connectivity index is 0.00000225. The van der Waals surface area contributed by atoms with E-state index in [0.29, 0.717) is 12.1 Å². The van der Waals surface area contributed by atoms with Crippen LogP contribution in [0.25, 0.3) is 0 Å². The Morgan fingerprint density at radius 1 is 1.44 bits per heavy atom. The van der Waals surface area contributed by atoms with Crippen molar-refractivity contribution in [3.8, 4) is 5.88 Å². The van der Waals surface area contributed by atoms with Crippen molar-refractivity contribution in [2.45, 2.75) is 19.6 Å². The molecule has 0 saturated carbocycles. The summed E-state index contributed by atoms with van der Waals surface area (Å²) in [6.45, 7) is 0.591. The van der Waals surface area contributed by atoms with Gasteiger partial charge in [-0.25, -0.2) is 4.98 Å². The van der Waals surface area contributed by atoms with Gasteiger partial charge in [0.1, 0.15) is 0 Å². The van der Waals surface area contributed by atoms with Crippen molar-refractivity contribution in [2.75, 3.05) is 6.61 Å². The molecule has 1 rings (SSSR count). The Bertz CT molecular complexity index is 344. The molecule has 1 aromatic rings. The third-order valence-corrected chi connectivity index (χ3v) is 1.70.